The van der Waals surface area contributed by atoms with Crippen LogP contribution in [0.25, 0.3) is 11.1 Å². The van der Waals surface area contributed by atoms with Crippen LogP contribution in [-0.2, 0) is 14.3 Å². The molecule has 0 radical (unpaired) electrons. The second-order valence-corrected chi connectivity index (χ2v) is 8.69. The van der Waals surface area contributed by atoms with Crippen molar-refractivity contribution in [2.45, 2.75) is 50.1 Å². The molecule has 7 nitrogen and oxygen atoms in total. The first-order valence-electron chi connectivity index (χ1n) is 11.6. The summed E-state index contributed by atoms with van der Waals surface area (Å²) in [6.45, 7) is 0.665. The van der Waals surface area contributed by atoms with Crippen molar-refractivity contribution >= 4 is 18.0 Å². The Morgan fingerprint density at radius 3 is 2.38 bits per heavy atom. The molecular weight excluding hydrogens is 432 g/mol. The van der Waals surface area contributed by atoms with Gasteiger partial charge in [-0.15, -0.1) is 12.3 Å². The van der Waals surface area contributed by atoms with E-state index in [9.17, 15) is 14.4 Å². The maximum absolute atomic E-state index is 13.1. The minimum atomic E-state index is -0.911. The van der Waals surface area contributed by atoms with Crippen LogP contribution in [0.1, 0.15) is 49.1 Å². The lowest BCUT2D eigenvalue weighted by atomic mass is 9.98. The van der Waals surface area contributed by atoms with Gasteiger partial charge < -0.3 is 20.1 Å². The Labute approximate surface area is 199 Å². The molecule has 0 spiro atoms. The summed E-state index contributed by atoms with van der Waals surface area (Å²) in [7, 11) is 0. The highest BCUT2D eigenvalue weighted by atomic mass is 16.5. The smallest absolute Gasteiger partial charge is 0.407 e. The number of amides is 2. The Bertz CT molecular complexity index is 1080. The highest BCUT2D eigenvalue weighted by Crippen LogP contribution is 2.44. The van der Waals surface area contributed by atoms with E-state index >= 15 is 0 Å². The maximum Gasteiger partial charge on any atom is 0.407 e. The van der Waals surface area contributed by atoms with Crippen LogP contribution in [0.4, 0.5) is 4.79 Å². The molecule has 176 valence electrons. The van der Waals surface area contributed by atoms with E-state index in [1.165, 1.54) is 0 Å². The van der Waals surface area contributed by atoms with Gasteiger partial charge in [0.05, 0.1) is 0 Å². The van der Waals surface area contributed by atoms with E-state index < -0.39 is 18.1 Å². The summed E-state index contributed by atoms with van der Waals surface area (Å²) in [6.07, 6.45) is 6.72. The van der Waals surface area contributed by atoms with Crippen LogP contribution in [0.2, 0.25) is 0 Å². The predicted octanol–water partition coefficient (Wildman–Crippen LogP) is 3.77. The summed E-state index contributed by atoms with van der Waals surface area (Å²) in [4.78, 5) is 38.4. The Morgan fingerprint density at radius 1 is 1.12 bits per heavy atom. The zero-order chi connectivity index (χ0) is 24.1. The number of ether oxygens (including phenoxy) is 1. The van der Waals surface area contributed by atoms with Crippen LogP contribution in [-0.4, -0.2) is 53.2 Å². The van der Waals surface area contributed by atoms with E-state index in [1.54, 1.807) is 4.90 Å². The highest BCUT2D eigenvalue weighted by Gasteiger charge is 2.34. The summed E-state index contributed by atoms with van der Waals surface area (Å²) in [6, 6.07) is 15.0. The van der Waals surface area contributed by atoms with Gasteiger partial charge in [-0.1, -0.05) is 48.5 Å². The van der Waals surface area contributed by atoms with Crippen LogP contribution in [0.3, 0.4) is 0 Å². The number of rotatable bonds is 8. The minimum absolute atomic E-state index is 0.00589. The number of terminal acetylenes is 1. The van der Waals surface area contributed by atoms with E-state index in [-0.39, 0.29) is 37.3 Å². The fourth-order valence-electron chi connectivity index (χ4n) is 5.02. The largest absolute Gasteiger partial charge is 0.481 e. The third-order valence-electron chi connectivity index (χ3n) is 6.61. The quantitative estimate of drug-likeness (QED) is 0.585. The van der Waals surface area contributed by atoms with Crippen molar-refractivity contribution < 1.29 is 24.2 Å². The van der Waals surface area contributed by atoms with Crippen molar-refractivity contribution in [2.24, 2.45) is 0 Å². The fraction of sp³-hybridized carbons (Fsp3) is 0.370. The predicted molar refractivity (Wildman–Crippen MR) is 127 cm³/mol. The first-order valence-corrected chi connectivity index (χ1v) is 11.6. The molecule has 1 fully saturated rings. The number of benzene rings is 2. The number of hydrogen-bond acceptors (Lipinski definition) is 4. The Hall–Kier alpha value is -3.79. The lowest BCUT2D eigenvalue weighted by Gasteiger charge is -2.28. The Balaban J connectivity index is 1.40. The third-order valence-corrected chi connectivity index (χ3v) is 6.61. The molecule has 1 saturated heterocycles. The monoisotopic (exact) mass is 460 g/mol. The molecule has 0 aromatic heterocycles. The van der Waals surface area contributed by atoms with Gasteiger partial charge in [-0.3, -0.25) is 9.59 Å². The van der Waals surface area contributed by atoms with E-state index in [1.807, 2.05) is 36.4 Å². The van der Waals surface area contributed by atoms with Gasteiger partial charge in [-0.2, -0.15) is 0 Å². The van der Waals surface area contributed by atoms with Gasteiger partial charge in [-0.05, 0) is 41.5 Å². The molecule has 2 unspecified atom stereocenters. The number of aliphatic carboxylic acids is 1. The first kappa shape index (κ1) is 23.4. The van der Waals surface area contributed by atoms with E-state index in [2.05, 4.69) is 23.4 Å². The molecular formula is C27H28N2O5. The number of carbonyl (C=O) groups is 3. The molecule has 0 bridgehead atoms. The summed E-state index contributed by atoms with van der Waals surface area (Å²) in [5, 5.41) is 11.6. The second-order valence-electron chi connectivity index (χ2n) is 8.69. The third kappa shape index (κ3) is 4.91. The number of carboxylic acids is 1. The van der Waals surface area contributed by atoms with Crippen LogP contribution in [0.15, 0.2) is 48.5 Å². The van der Waals surface area contributed by atoms with Gasteiger partial charge in [0, 0.05) is 31.3 Å². The molecule has 2 amide bonds. The molecule has 7 heteroatoms. The van der Waals surface area contributed by atoms with Crippen molar-refractivity contribution in [1.82, 2.24) is 10.2 Å². The van der Waals surface area contributed by atoms with Crippen molar-refractivity contribution in [2.75, 3.05) is 13.2 Å². The van der Waals surface area contributed by atoms with E-state index in [4.69, 9.17) is 16.3 Å². The topological polar surface area (TPSA) is 95.9 Å². The van der Waals surface area contributed by atoms with Crippen LogP contribution in [0, 0.1) is 12.3 Å². The molecule has 4 rings (SSSR count). The van der Waals surface area contributed by atoms with Crippen LogP contribution < -0.4 is 5.32 Å². The summed E-state index contributed by atoms with van der Waals surface area (Å²) >= 11 is 0. The SMILES string of the molecule is C#CCC(NC(=O)OCC1c2ccccc2-c2ccccc21)C(=O)N1CCCC1CCC(=O)O. The summed E-state index contributed by atoms with van der Waals surface area (Å²) in [5.74, 6) is 1.18. The van der Waals surface area contributed by atoms with Gasteiger partial charge in [0.2, 0.25) is 5.91 Å². The minimum Gasteiger partial charge on any atom is -0.481 e. The van der Waals surface area contributed by atoms with E-state index in [0.29, 0.717) is 13.0 Å². The van der Waals surface area contributed by atoms with Crippen LogP contribution >= 0.6 is 0 Å². The van der Waals surface area contributed by atoms with Crippen molar-refractivity contribution in [3.05, 3.63) is 59.7 Å². The molecule has 2 atom stereocenters. The average molecular weight is 461 g/mol. The standard InChI is InChI=1S/C27H28N2O5/c1-2-8-24(26(32)29-16-7-9-18(29)14-15-25(30)31)28-27(33)34-17-23-21-12-5-3-10-19(21)20-11-4-6-13-22(20)23/h1,3-6,10-13,18,23-24H,7-9,14-17H2,(H,28,33)(H,30,31). The summed E-state index contributed by atoms with van der Waals surface area (Å²) < 4.78 is 5.57. The molecule has 2 N–H and O–H groups in total. The average Bonchev–Trinajstić information content (AvgIpc) is 3.43. The second kappa shape index (κ2) is 10.4. The van der Waals surface area contributed by atoms with Gasteiger partial charge in [0.25, 0.3) is 0 Å². The molecule has 2 aromatic rings. The maximum atomic E-state index is 13.1. The lowest BCUT2D eigenvalue weighted by molar-refractivity contribution is -0.139. The number of hydrogen-bond donors (Lipinski definition) is 2. The number of carboxylic acid groups (broad SMARTS) is 1. The number of nitrogens with zero attached hydrogens (tertiary/aromatic N) is 1. The number of fused-ring (bicyclic) bond motifs is 3. The van der Waals surface area contributed by atoms with Gasteiger partial charge in [0.1, 0.15) is 12.6 Å². The summed E-state index contributed by atoms with van der Waals surface area (Å²) in [5.41, 5.74) is 4.47. The van der Waals surface area contributed by atoms with Gasteiger partial charge in [-0.25, -0.2) is 4.79 Å². The molecule has 2 aliphatic rings. The van der Waals surface area contributed by atoms with Crippen LogP contribution in [0.5, 0.6) is 0 Å². The molecule has 1 aliphatic carbocycles. The number of nitrogens with one attached hydrogen (secondary N) is 1. The van der Waals surface area contributed by atoms with Crippen molar-refractivity contribution in [3.63, 3.8) is 0 Å². The zero-order valence-corrected chi connectivity index (χ0v) is 18.9. The molecule has 0 saturated carbocycles. The Morgan fingerprint density at radius 2 is 1.76 bits per heavy atom. The molecule has 34 heavy (non-hydrogen) atoms. The number of carbonyl (C=O) groups excluding carboxylic acids is 2. The fourth-order valence-corrected chi connectivity index (χ4v) is 5.02. The highest BCUT2D eigenvalue weighted by molar-refractivity contribution is 5.86. The van der Waals surface area contributed by atoms with Gasteiger partial charge in [0.15, 0.2) is 0 Å². The first-order chi connectivity index (χ1) is 16.5. The van der Waals surface area contributed by atoms with Gasteiger partial charge >= 0.3 is 12.1 Å². The normalized spacial score (nSPS) is 17.4. The Kier molecular flexibility index (Phi) is 7.17. The lowest BCUT2D eigenvalue weighted by Crippen LogP contribution is -2.50. The molecule has 2 aromatic carbocycles. The number of likely N-dealkylation sites (tertiary alicyclic amines) is 1. The van der Waals surface area contributed by atoms with Crippen molar-refractivity contribution in [1.29, 1.82) is 0 Å². The zero-order valence-electron chi connectivity index (χ0n) is 18.9. The van der Waals surface area contributed by atoms with Crippen molar-refractivity contribution in [3.8, 4) is 23.5 Å². The van der Waals surface area contributed by atoms with E-state index in [0.717, 1.165) is 35.1 Å². The molecule has 1 aliphatic heterocycles. The number of alkyl carbamates (subject to hydrolysis) is 1. The molecule has 1 heterocycles.